The van der Waals surface area contributed by atoms with Crippen molar-refractivity contribution >= 4 is 22.2 Å². The van der Waals surface area contributed by atoms with E-state index in [4.69, 9.17) is 14.0 Å². The molecule has 0 unspecified atom stereocenters. The lowest BCUT2D eigenvalue weighted by Crippen LogP contribution is -2.40. The van der Waals surface area contributed by atoms with Gasteiger partial charge >= 0.3 is 0 Å². The van der Waals surface area contributed by atoms with E-state index in [9.17, 15) is 8.42 Å². The average molecular weight is 427 g/mol. The first-order chi connectivity index (χ1) is 14.6. The van der Waals surface area contributed by atoms with Gasteiger partial charge in [-0.2, -0.15) is 9.29 Å². The lowest BCUT2D eigenvalue weighted by Gasteiger charge is -2.26. The van der Waals surface area contributed by atoms with Crippen LogP contribution >= 0.6 is 0 Å². The van der Waals surface area contributed by atoms with Crippen LogP contribution in [0, 0.1) is 0 Å². The highest BCUT2D eigenvalue weighted by molar-refractivity contribution is 7.89. The predicted molar refractivity (Wildman–Crippen MR) is 111 cm³/mol. The van der Waals surface area contributed by atoms with E-state index in [0.29, 0.717) is 43.6 Å². The van der Waals surface area contributed by atoms with Gasteiger partial charge in [0.05, 0.1) is 25.2 Å². The number of nitrogens with zero attached hydrogens (tertiary/aromatic N) is 3. The number of hydrogen-bond acceptors (Lipinski definition) is 7. The molecular weight excluding hydrogens is 406 g/mol. The molecule has 2 heterocycles. The van der Waals surface area contributed by atoms with E-state index in [1.54, 1.807) is 37.5 Å². The molecule has 0 bridgehead atoms. The fourth-order valence-corrected chi connectivity index (χ4v) is 4.42. The monoisotopic (exact) mass is 427 g/mol. The third kappa shape index (κ3) is 4.43. The number of ether oxygens (including phenoxy) is 2. The van der Waals surface area contributed by atoms with Crippen LogP contribution in [0.3, 0.4) is 0 Å². The van der Waals surface area contributed by atoms with Crippen LogP contribution in [0.5, 0.6) is 5.75 Å². The first-order valence-corrected chi connectivity index (χ1v) is 10.8. The van der Waals surface area contributed by atoms with E-state index < -0.39 is 10.0 Å². The minimum absolute atomic E-state index is 0.233. The fraction of sp³-hybridized carbons (Fsp3) is 0.238. The SMILES string of the molecule is COc1ccc(/C=C/c2nc(-c3ccc(S(=O)(=O)N4CCOCC4)cc3)no2)cc1. The summed E-state index contributed by atoms with van der Waals surface area (Å²) in [4.78, 5) is 4.58. The van der Waals surface area contributed by atoms with Crippen LogP contribution in [0.1, 0.15) is 11.5 Å². The van der Waals surface area contributed by atoms with Crippen LogP contribution in [0.25, 0.3) is 23.5 Å². The summed E-state index contributed by atoms with van der Waals surface area (Å²) in [5.41, 5.74) is 1.64. The summed E-state index contributed by atoms with van der Waals surface area (Å²) in [6.45, 7) is 1.54. The molecule has 30 heavy (non-hydrogen) atoms. The largest absolute Gasteiger partial charge is 0.497 e. The first kappa shape index (κ1) is 20.3. The number of rotatable bonds is 6. The minimum atomic E-state index is -3.53. The van der Waals surface area contributed by atoms with Gasteiger partial charge in [0.25, 0.3) is 5.89 Å². The second-order valence-electron chi connectivity index (χ2n) is 6.60. The molecule has 1 aliphatic rings. The quantitative estimate of drug-likeness (QED) is 0.597. The summed E-state index contributed by atoms with van der Waals surface area (Å²) in [7, 11) is -1.91. The van der Waals surface area contributed by atoms with E-state index in [0.717, 1.165) is 11.3 Å². The number of sulfonamides is 1. The number of methoxy groups -OCH3 is 1. The standard InChI is InChI=1S/C21H21N3O5S/c1-27-18-7-2-16(3-8-18)4-11-20-22-21(23-29-20)17-5-9-19(10-6-17)30(25,26)24-12-14-28-15-13-24/h2-11H,12-15H2,1H3/b11-4+. The molecule has 1 aromatic heterocycles. The normalized spacial score (nSPS) is 15.5. The molecule has 2 aromatic carbocycles. The second-order valence-corrected chi connectivity index (χ2v) is 8.54. The highest BCUT2D eigenvalue weighted by Gasteiger charge is 2.26. The first-order valence-electron chi connectivity index (χ1n) is 9.40. The Morgan fingerprint density at radius 3 is 2.37 bits per heavy atom. The third-order valence-electron chi connectivity index (χ3n) is 4.70. The zero-order valence-electron chi connectivity index (χ0n) is 16.4. The summed E-state index contributed by atoms with van der Waals surface area (Å²) in [5.74, 6) is 1.52. The van der Waals surface area contributed by atoms with Crippen molar-refractivity contribution in [2.75, 3.05) is 33.4 Å². The molecule has 1 saturated heterocycles. The van der Waals surface area contributed by atoms with Crippen LogP contribution < -0.4 is 4.74 Å². The van der Waals surface area contributed by atoms with Gasteiger partial charge in [-0.1, -0.05) is 17.3 Å². The molecule has 1 fully saturated rings. The van der Waals surface area contributed by atoms with Gasteiger partial charge in [0.2, 0.25) is 15.8 Å². The number of morpholine rings is 1. The third-order valence-corrected chi connectivity index (χ3v) is 6.61. The topological polar surface area (TPSA) is 94.8 Å². The number of hydrogen-bond donors (Lipinski definition) is 0. The molecule has 0 saturated carbocycles. The van der Waals surface area contributed by atoms with Crippen LogP contribution in [-0.4, -0.2) is 56.3 Å². The molecule has 9 heteroatoms. The maximum atomic E-state index is 12.7. The van der Waals surface area contributed by atoms with E-state index >= 15 is 0 Å². The Bertz CT molecular complexity index is 1120. The van der Waals surface area contributed by atoms with Gasteiger partial charge in [0.1, 0.15) is 5.75 Å². The van der Waals surface area contributed by atoms with Gasteiger partial charge < -0.3 is 14.0 Å². The Kier molecular flexibility index (Phi) is 5.93. The summed E-state index contributed by atoms with van der Waals surface area (Å²) in [6, 6.07) is 14.0. The van der Waals surface area contributed by atoms with Crippen molar-refractivity contribution < 1.29 is 22.4 Å². The highest BCUT2D eigenvalue weighted by Crippen LogP contribution is 2.22. The highest BCUT2D eigenvalue weighted by atomic mass is 32.2. The Balaban J connectivity index is 1.47. The van der Waals surface area contributed by atoms with Gasteiger partial charge in [-0.05, 0) is 48.0 Å². The van der Waals surface area contributed by atoms with Crippen LogP contribution in [-0.2, 0) is 14.8 Å². The molecule has 0 atom stereocenters. The summed E-state index contributed by atoms with van der Waals surface area (Å²) < 4.78 is 42.5. The maximum Gasteiger partial charge on any atom is 0.250 e. The van der Waals surface area contributed by atoms with Crippen molar-refractivity contribution in [1.82, 2.24) is 14.4 Å². The zero-order valence-corrected chi connectivity index (χ0v) is 17.2. The van der Waals surface area contributed by atoms with Crippen LogP contribution in [0.4, 0.5) is 0 Å². The van der Waals surface area contributed by atoms with Gasteiger partial charge in [-0.25, -0.2) is 8.42 Å². The summed E-state index contributed by atoms with van der Waals surface area (Å²) in [5, 5.41) is 3.97. The van der Waals surface area contributed by atoms with Gasteiger partial charge in [0.15, 0.2) is 0 Å². The predicted octanol–water partition coefficient (Wildman–Crippen LogP) is 2.94. The molecule has 3 aromatic rings. The van der Waals surface area contributed by atoms with Gasteiger partial charge in [-0.15, -0.1) is 0 Å². The van der Waals surface area contributed by atoms with Crippen molar-refractivity contribution in [3.05, 3.63) is 60.0 Å². The van der Waals surface area contributed by atoms with Crippen molar-refractivity contribution in [1.29, 1.82) is 0 Å². The molecule has 0 amide bonds. The molecule has 0 spiro atoms. The molecule has 0 N–H and O–H groups in total. The smallest absolute Gasteiger partial charge is 0.250 e. The average Bonchev–Trinajstić information content (AvgIpc) is 3.28. The van der Waals surface area contributed by atoms with Crippen molar-refractivity contribution in [2.24, 2.45) is 0 Å². The lowest BCUT2D eigenvalue weighted by molar-refractivity contribution is 0.0730. The Hall–Kier alpha value is -3.01. The minimum Gasteiger partial charge on any atom is -0.497 e. The van der Waals surface area contributed by atoms with Gasteiger partial charge in [-0.3, -0.25) is 0 Å². The van der Waals surface area contributed by atoms with Crippen molar-refractivity contribution in [3.63, 3.8) is 0 Å². The van der Waals surface area contributed by atoms with Crippen molar-refractivity contribution in [3.8, 4) is 17.1 Å². The van der Waals surface area contributed by atoms with Gasteiger partial charge in [0, 0.05) is 24.7 Å². The van der Waals surface area contributed by atoms with E-state index in [2.05, 4.69) is 10.1 Å². The summed E-state index contributed by atoms with van der Waals surface area (Å²) in [6.07, 6.45) is 3.57. The maximum absolute atomic E-state index is 12.7. The van der Waals surface area contributed by atoms with Crippen LogP contribution in [0.2, 0.25) is 0 Å². The van der Waals surface area contributed by atoms with E-state index in [1.807, 2.05) is 30.3 Å². The molecule has 156 valence electrons. The number of aromatic nitrogens is 2. The molecule has 1 aliphatic heterocycles. The second kappa shape index (κ2) is 8.78. The zero-order chi connectivity index (χ0) is 21.0. The van der Waals surface area contributed by atoms with E-state index in [-0.39, 0.29) is 4.90 Å². The molecule has 0 radical (unpaired) electrons. The van der Waals surface area contributed by atoms with Crippen molar-refractivity contribution in [2.45, 2.75) is 4.90 Å². The number of benzene rings is 2. The molecular formula is C21H21N3O5S. The molecule has 0 aliphatic carbocycles. The Labute approximate surface area is 174 Å². The Morgan fingerprint density at radius 1 is 1.00 bits per heavy atom. The Morgan fingerprint density at radius 2 is 1.70 bits per heavy atom. The molecule has 4 rings (SSSR count). The van der Waals surface area contributed by atoms with Crippen LogP contribution in [0.15, 0.2) is 57.9 Å². The lowest BCUT2D eigenvalue weighted by atomic mass is 10.2. The summed E-state index contributed by atoms with van der Waals surface area (Å²) >= 11 is 0. The molecule has 8 nitrogen and oxygen atoms in total. The van der Waals surface area contributed by atoms with E-state index in [1.165, 1.54) is 4.31 Å². The fourth-order valence-electron chi connectivity index (χ4n) is 3.01.